The Bertz CT molecular complexity index is 99.2. The summed E-state index contributed by atoms with van der Waals surface area (Å²) in [4.78, 5) is 2.52. The predicted octanol–water partition coefficient (Wildman–Crippen LogP) is 3.07. The van der Waals surface area contributed by atoms with Gasteiger partial charge >= 0.3 is 0 Å². The van der Waals surface area contributed by atoms with E-state index in [-0.39, 0.29) is 0 Å². The normalized spacial score (nSPS) is 10.6. The third-order valence-electron chi connectivity index (χ3n) is 2.16. The lowest BCUT2D eigenvalue weighted by Gasteiger charge is -2.19. The van der Waals surface area contributed by atoms with Gasteiger partial charge in [-0.25, -0.2) is 0 Å². The maximum absolute atomic E-state index is 3.73. The summed E-state index contributed by atoms with van der Waals surface area (Å²) in [6.07, 6.45) is 7.07. The van der Waals surface area contributed by atoms with Crippen molar-refractivity contribution in [2.45, 2.75) is 39.5 Å². The molecule has 0 atom stereocenters. The van der Waals surface area contributed by atoms with Crippen LogP contribution in [0.5, 0.6) is 0 Å². The molecule has 0 aliphatic heterocycles. The summed E-state index contributed by atoms with van der Waals surface area (Å²) < 4.78 is 0. The molecule has 0 spiro atoms. The van der Waals surface area contributed by atoms with E-state index >= 15 is 0 Å². The Morgan fingerprint density at radius 2 is 1.83 bits per heavy atom. The van der Waals surface area contributed by atoms with Crippen LogP contribution in [0.1, 0.15) is 39.5 Å². The van der Waals surface area contributed by atoms with Crippen molar-refractivity contribution < 1.29 is 0 Å². The second kappa shape index (κ2) is 8.79. The third kappa shape index (κ3) is 6.41. The van der Waals surface area contributed by atoms with E-state index in [0.717, 1.165) is 6.42 Å². The molecule has 0 heterocycles. The Morgan fingerprint density at radius 1 is 1.17 bits per heavy atom. The molecule has 0 N–H and O–H groups in total. The van der Waals surface area contributed by atoms with Gasteiger partial charge in [-0.05, 0) is 38.9 Å². The first-order valence-electron chi connectivity index (χ1n) is 5.18. The minimum Gasteiger partial charge on any atom is -0.304 e. The molecular formula is C11H23N. The standard InChI is InChI=1S/C11H23N/c1-4-7-9-11-12(6-3)10-8-5-2/h4H,1,5-11H2,2-3H3. The maximum atomic E-state index is 3.73. The van der Waals surface area contributed by atoms with E-state index in [4.69, 9.17) is 0 Å². The van der Waals surface area contributed by atoms with Crippen LogP contribution in [0, 0.1) is 0 Å². The molecule has 0 fully saturated rings. The maximum Gasteiger partial charge on any atom is -0.00159 e. The van der Waals surface area contributed by atoms with Crippen molar-refractivity contribution in [1.29, 1.82) is 0 Å². The van der Waals surface area contributed by atoms with Crippen LogP contribution in [-0.2, 0) is 0 Å². The fourth-order valence-corrected chi connectivity index (χ4v) is 1.27. The van der Waals surface area contributed by atoms with Crippen LogP contribution < -0.4 is 0 Å². The first kappa shape index (κ1) is 11.7. The van der Waals surface area contributed by atoms with Gasteiger partial charge in [0.15, 0.2) is 0 Å². The lowest BCUT2D eigenvalue weighted by molar-refractivity contribution is 0.281. The predicted molar refractivity (Wildman–Crippen MR) is 56.5 cm³/mol. The van der Waals surface area contributed by atoms with Gasteiger partial charge in [-0.1, -0.05) is 26.3 Å². The Balaban J connectivity index is 3.32. The van der Waals surface area contributed by atoms with Gasteiger partial charge in [0.05, 0.1) is 0 Å². The van der Waals surface area contributed by atoms with Gasteiger partial charge in [0.1, 0.15) is 0 Å². The third-order valence-corrected chi connectivity index (χ3v) is 2.16. The molecule has 0 saturated carbocycles. The first-order valence-corrected chi connectivity index (χ1v) is 5.18. The highest BCUT2D eigenvalue weighted by atomic mass is 15.1. The van der Waals surface area contributed by atoms with E-state index in [0.29, 0.717) is 0 Å². The molecule has 0 amide bonds. The Kier molecular flexibility index (Phi) is 8.57. The summed E-state index contributed by atoms with van der Waals surface area (Å²) in [6.45, 7) is 11.9. The average molecular weight is 169 g/mol. The summed E-state index contributed by atoms with van der Waals surface area (Å²) in [7, 11) is 0. The van der Waals surface area contributed by atoms with Crippen molar-refractivity contribution in [1.82, 2.24) is 4.90 Å². The van der Waals surface area contributed by atoms with Crippen LogP contribution >= 0.6 is 0 Å². The number of nitrogens with zero attached hydrogens (tertiary/aromatic N) is 1. The monoisotopic (exact) mass is 169 g/mol. The number of rotatable bonds is 8. The zero-order valence-electron chi connectivity index (χ0n) is 8.68. The summed E-state index contributed by atoms with van der Waals surface area (Å²) in [5.74, 6) is 0. The van der Waals surface area contributed by atoms with Gasteiger partial charge in [-0.3, -0.25) is 0 Å². The van der Waals surface area contributed by atoms with Gasteiger partial charge in [0.25, 0.3) is 0 Å². The number of hydrogen-bond acceptors (Lipinski definition) is 1. The van der Waals surface area contributed by atoms with Gasteiger partial charge in [0, 0.05) is 0 Å². The average Bonchev–Trinajstić information content (AvgIpc) is 2.11. The topological polar surface area (TPSA) is 3.24 Å². The van der Waals surface area contributed by atoms with Crippen LogP contribution in [-0.4, -0.2) is 24.5 Å². The van der Waals surface area contributed by atoms with Gasteiger partial charge < -0.3 is 4.90 Å². The van der Waals surface area contributed by atoms with Gasteiger partial charge in [-0.15, -0.1) is 6.58 Å². The van der Waals surface area contributed by atoms with E-state index < -0.39 is 0 Å². The number of hydrogen-bond donors (Lipinski definition) is 0. The molecule has 1 nitrogen and oxygen atoms in total. The summed E-state index contributed by atoms with van der Waals surface area (Å²) in [5.41, 5.74) is 0. The number of unbranched alkanes of at least 4 members (excludes halogenated alkanes) is 2. The van der Waals surface area contributed by atoms with Crippen LogP contribution in [0.15, 0.2) is 12.7 Å². The summed E-state index contributed by atoms with van der Waals surface area (Å²) in [5, 5.41) is 0. The quantitative estimate of drug-likeness (QED) is 0.399. The largest absolute Gasteiger partial charge is 0.304 e. The van der Waals surface area contributed by atoms with Crippen LogP contribution in [0.3, 0.4) is 0 Å². The highest BCUT2D eigenvalue weighted by Crippen LogP contribution is 1.98. The second-order valence-electron chi connectivity index (χ2n) is 3.22. The van der Waals surface area contributed by atoms with E-state index in [1.165, 1.54) is 38.9 Å². The molecule has 72 valence electrons. The molecule has 0 saturated heterocycles. The fraction of sp³-hybridized carbons (Fsp3) is 0.818. The van der Waals surface area contributed by atoms with Crippen molar-refractivity contribution in [3.05, 3.63) is 12.7 Å². The first-order chi connectivity index (χ1) is 5.85. The lowest BCUT2D eigenvalue weighted by atomic mass is 10.2. The van der Waals surface area contributed by atoms with Gasteiger partial charge in [0.2, 0.25) is 0 Å². The molecule has 0 aromatic carbocycles. The van der Waals surface area contributed by atoms with Crippen molar-refractivity contribution in [2.75, 3.05) is 19.6 Å². The molecule has 0 aromatic rings. The minimum atomic E-state index is 1.16. The van der Waals surface area contributed by atoms with Gasteiger partial charge in [-0.2, -0.15) is 0 Å². The molecule has 0 bridgehead atoms. The van der Waals surface area contributed by atoms with Crippen molar-refractivity contribution >= 4 is 0 Å². The Morgan fingerprint density at radius 3 is 2.33 bits per heavy atom. The van der Waals surface area contributed by atoms with Crippen LogP contribution in [0.4, 0.5) is 0 Å². The van der Waals surface area contributed by atoms with Crippen molar-refractivity contribution in [2.24, 2.45) is 0 Å². The van der Waals surface area contributed by atoms with Crippen LogP contribution in [0.2, 0.25) is 0 Å². The van der Waals surface area contributed by atoms with E-state index in [1.54, 1.807) is 0 Å². The fourth-order valence-electron chi connectivity index (χ4n) is 1.27. The molecule has 0 radical (unpaired) electrons. The van der Waals surface area contributed by atoms with Crippen LogP contribution in [0.25, 0.3) is 0 Å². The molecule has 0 rings (SSSR count). The molecular weight excluding hydrogens is 146 g/mol. The summed E-state index contributed by atoms with van der Waals surface area (Å²) in [6, 6.07) is 0. The molecule has 0 aliphatic rings. The summed E-state index contributed by atoms with van der Waals surface area (Å²) >= 11 is 0. The molecule has 0 aliphatic carbocycles. The van der Waals surface area contributed by atoms with Crippen molar-refractivity contribution in [3.8, 4) is 0 Å². The lowest BCUT2D eigenvalue weighted by Crippen LogP contribution is -2.25. The minimum absolute atomic E-state index is 1.16. The molecule has 1 heteroatoms. The zero-order valence-corrected chi connectivity index (χ0v) is 8.68. The SMILES string of the molecule is C=CCCCN(CC)CCCC. The number of allylic oxidation sites excluding steroid dienone is 1. The Labute approximate surface area is 77.5 Å². The molecule has 0 unspecified atom stereocenters. The smallest absolute Gasteiger partial charge is 0.00159 e. The van der Waals surface area contributed by atoms with E-state index in [2.05, 4.69) is 25.3 Å². The molecule has 0 aromatic heterocycles. The van der Waals surface area contributed by atoms with E-state index in [1.807, 2.05) is 6.08 Å². The van der Waals surface area contributed by atoms with E-state index in [9.17, 15) is 0 Å². The second-order valence-corrected chi connectivity index (χ2v) is 3.22. The Hall–Kier alpha value is -0.300. The highest BCUT2D eigenvalue weighted by molar-refractivity contribution is 4.67. The molecule has 12 heavy (non-hydrogen) atoms. The zero-order chi connectivity index (χ0) is 9.23. The highest BCUT2D eigenvalue weighted by Gasteiger charge is 1.98. The van der Waals surface area contributed by atoms with Crippen molar-refractivity contribution in [3.63, 3.8) is 0 Å².